The van der Waals surface area contributed by atoms with Crippen LogP contribution in [-0.4, -0.2) is 27.1 Å². The largest absolute Gasteiger partial charge is 0.387 e. The molecule has 2 aromatic carbocycles. The quantitative estimate of drug-likeness (QED) is 0.331. The number of aromatic nitrogens is 3. The fraction of sp³-hybridized carbons (Fsp3) is 0.346. The van der Waals surface area contributed by atoms with Gasteiger partial charge in [-0.25, -0.2) is 4.79 Å². The summed E-state index contributed by atoms with van der Waals surface area (Å²) in [6.07, 6.45) is 3.08. The minimum Gasteiger partial charge on any atom is -0.387 e. The summed E-state index contributed by atoms with van der Waals surface area (Å²) in [7, 11) is 0. The van der Waals surface area contributed by atoms with Crippen LogP contribution in [0.5, 0.6) is 0 Å². The lowest BCUT2D eigenvalue weighted by Gasteiger charge is -2.17. The Morgan fingerprint density at radius 1 is 1.24 bits per heavy atom. The van der Waals surface area contributed by atoms with Crippen LogP contribution in [0.25, 0.3) is 17.1 Å². The Bertz CT molecular complexity index is 1300. The maximum Gasteiger partial charge on any atom is 0.348 e. The van der Waals surface area contributed by atoms with E-state index in [0.717, 1.165) is 16.7 Å². The molecule has 3 aromatic rings. The number of aliphatic imine (C=N–C) groups is 1. The summed E-state index contributed by atoms with van der Waals surface area (Å²) in [5.41, 5.74) is 8.82. The highest BCUT2D eigenvalue weighted by molar-refractivity contribution is 6.32. The zero-order valence-corrected chi connectivity index (χ0v) is 19.9. The number of hydrogen-bond donors (Lipinski definition) is 2. The first kappa shape index (κ1) is 22.9. The zero-order chi connectivity index (χ0) is 23.6. The molecule has 1 aliphatic carbocycles. The van der Waals surface area contributed by atoms with Crippen LogP contribution in [0, 0.1) is 23.2 Å². The van der Waals surface area contributed by atoms with Gasteiger partial charge in [-0.15, -0.1) is 5.10 Å². The first-order valence-corrected chi connectivity index (χ1v) is 11.5. The molecule has 4 rings (SSSR count). The molecule has 1 saturated carbocycles. The molecule has 170 valence electrons. The average molecular weight is 462 g/mol. The van der Waals surface area contributed by atoms with Crippen LogP contribution < -0.4 is 11.4 Å². The fourth-order valence-electron chi connectivity index (χ4n) is 3.16. The van der Waals surface area contributed by atoms with E-state index in [1.807, 2.05) is 57.2 Å². The molecule has 0 unspecified atom stereocenters. The second kappa shape index (κ2) is 9.29. The molecule has 0 saturated heterocycles. The predicted octanol–water partition coefficient (Wildman–Crippen LogP) is 4.59. The summed E-state index contributed by atoms with van der Waals surface area (Å²) in [6, 6.07) is 13.3. The number of rotatable bonds is 5. The normalized spacial score (nSPS) is 14.1. The summed E-state index contributed by atoms with van der Waals surface area (Å²) in [4.78, 5) is 20.0. The van der Waals surface area contributed by atoms with E-state index in [2.05, 4.69) is 26.9 Å². The van der Waals surface area contributed by atoms with Crippen molar-refractivity contribution in [3.8, 4) is 28.9 Å². The van der Waals surface area contributed by atoms with Gasteiger partial charge in [-0.3, -0.25) is 9.98 Å². The molecular weight excluding hydrogens is 434 g/mol. The smallest absolute Gasteiger partial charge is 0.348 e. The number of benzene rings is 2. The SMILES string of the molecule is CC(C)(C)C(N)=NCCc1ccc(Cl)c(-n2nc(-c3ccc(C#CC4CC4)cc3)[nH]c2=O)c1. The van der Waals surface area contributed by atoms with Gasteiger partial charge in [0.15, 0.2) is 5.82 Å². The highest BCUT2D eigenvalue weighted by Crippen LogP contribution is 2.27. The number of hydrogen-bond acceptors (Lipinski definition) is 3. The van der Waals surface area contributed by atoms with Crippen molar-refractivity contribution in [3.05, 3.63) is 69.1 Å². The van der Waals surface area contributed by atoms with Gasteiger partial charge in [0.1, 0.15) is 0 Å². The van der Waals surface area contributed by atoms with Gasteiger partial charge in [-0.2, -0.15) is 4.68 Å². The molecule has 1 fully saturated rings. The van der Waals surface area contributed by atoms with Crippen LogP contribution in [0.3, 0.4) is 0 Å². The Morgan fingerprint density at radius 2 is 1.97 bits per heavy atom. The van der Waals surface area contributed by atoms with Gasteiger partial charge in [-0.1, -0.05) is 50.3 Å². The molecule has 6 nitrogen and oxygen atoms in total. The van der Waals surface area contributed by atoms with Gasteiger partial charge in [0.2, 0.25) is 0 Å². The van der Waals surface area contributed by atoms with E-state index in [9.17, 15) is 4.79 Å². The molecule has 0 amide bonds. The van der Waals surface area contributed by atoms with E-state index >= 15 is 0 Å². The first-order valence-electron chi connectivity index (χ1n) is 11.1. The molecular formula is C26H28ClN5O. The zero-order valence-electron chi connectivity index (χ0n) is 19.2. The highest BCUT2D eigenvalue weighted by atomic mass is 35.5. The minimum atomic E-state index is -0.350. The lowest BCUT2D eigenvalue weighted by atomic mass is 9.95. The van der Waals surface area contributed by atoms with Crippen molar-refractivity contribution < 1.29 is 0 Å². The van der Waals surface area contributed by atoms with Crippen molar-refractivity contribution in [1.82, 2.24) is 14.8 Å². The molecule has 1 aliphatic rings. The molecule has 1 aromatic heterocycles. The third kappa shape index (κ3) is 5.74. The topological polar surface area (TPSA) is 89.1 Å². The van der Waals surface area contributed by atoms with Crippen LogP contribution >= 0.6 is 11.6 Å². The second-order valence-electron chi connectivity index (χ2n) is 9.36. The molecule has 0 bridgehead atoms. The number of halogens is 1. The molecule has 33 heavy (non-hydrogen) atoms. The third-order valence-corrected chi connectivity index (χ3v) is 5.78. The van der Waals surface area contributed by atoms with Crippen molar-refractivity contribution in [2.24, 2.45) is 22.1 Å². The fourth-order valence-corrected chi connectivity index (χ4v) is 3.36. The molecule has 0 radical (unpaired) electrons. The van der Waals surface area contributed by atoms with Crippen LogP contribution in [0.2, 0.25) is 5.02 Å². The van der Waals surface area contributed by atoms with E-state index in [-0.39, 0.29) is 11.1 Å². The number of nitrogens with zero attached hydrogens (tertiary/aromatic N) is 3. The Kier molecular flexibility index (Phi) is 6.44. The van der Waals surface area contributed by atoms with Gasteiger partial charge >= 0.3 is 5.69 Å². The van der Waals surface area contributed by atoms with E-state index in [0.29, 0.717) is 41.3 Å². The molecule has 7 heteroatoms. The number of amidine groups is 1. The van der Waals surface area contributed by atoms with E-state index in [4.69, 9.17) is 17.3 Å². The van der Waals surface area contributed by atoms with Crippen LogP contribution in [0.4, 0.5) is 0 Å². The summed E-state index contributed by atoms with van der Waals surface area (Å²) in [5.74, 6) is 8.09. The minimum absolute atomic E-state index is 0.161. The van der Waals surface area contributed by atoms with Gasteiger partial charge in [0.25, 0.3) is 0 Å². The van der Waals surface area contributed by atoms with Gasteiger partial charge in [0, 0.05) is 29.0 Å². The number of nitrogens with two attached hydrogens (primary N) is 1. The van der Waals surface area contributed by atoms with Crippen LogP contribution in [0.15, 0.2) is 52.3 Å². The van der Waals surface area contributed by atoms with Crippen LogP contribution in [0.1, 0.15) is 44.7 Å². The summed E-state index contributed by atoms with van der Waals surface area (Å²) >= 11 is 6.41. The maximum absolute atomic E-state index is 12.7. The predicted molar refractivity (Wildman–Crippen MR) is 134 cm³/mol. The van der Waals surface area contributed by atoms with Gasteiger partial charge in [0.05, 0.1) is 16.5 Å². The molecule has 3 N–H and O–H groups in total. The Labute approximate surface area is 198 Å². The van der Waals surface area contributed by atoms with Gasteiger partial charge < -0.3 is 5.73 Å². The highest BCUT2D eigenvalue weighted by Gasteiger charge is 2.18. The van der Waals surface area contributed by atoms with E-state index < -0.39 is 0 Å². The average Bonchev–Trinajstić information content (AvgIpc) is 3.53. The standard InChI is InChI=1S/C26H28ClN5O/c1-26(2,3)24(28)29-15-14-19-10-13-21(27)22(16-19)32-25(33)30-23(31-32)20-11-8-18(9-12-20)7-6-17-4-5-17/h8-13,16-17H,4-5,14-15H2,1-3H3,(H2,28,29)(H,30,31,33). The van der Waals surface area contributed by atoms with Crippen molar-refractivity contribution in [2.45, 2.75) is 40.0 Å². The molecule has 0 aliphatic heterocycles. The first-order chi connectivity index (χ1) is 15.7. The Hall–Kier alpha value is -3.30. The number of aromatic amines is 1. The third-order valence-electron chi connectivity index (χ3n) is 5.46. The monoisotopic (exact) mass is 461 g/mol. The molecule has 0 spiro atoms. The Morgan fingerprint density at radius 3 is 2.64 bits per heavy atom. The number of nitrogens with one attached hydrogen (secondary N) is 1. The van der Waals surface area contributed by atoms with Crippen LogP contribution in [-0.2, 0) is 6.42 Å². The Balaban J connectivity index is 1.54. The summed E-state index contributed by atoms with van der Waals surface area (Å²) < 4.78 is 1.30. The van der Waals surface area contributed by atoms with Crippen molar-refractivity contribution in [2.75, 3.05) is 6.54 Å². The molecule has 1 heterocycles. The molecule has 0 atom stereocenters. The lowest BCUT2D eigenvalue weighted by Crippen LogP contribution is -2.29. The lowest BCUT2D eigenvalue weighted by molar-refractivity contribution is 0.581. The number of H-pyrrole nitrogens is 1. The second-order valence-corrected chi connectivity index (χ2v) is 9.77. The van der Waals surface area contributed by atoms with E-state index in [1.165, 1.54) is 17.5 Å². The van der Waals surface area contributed by atoms with E-state index in [1.54, 1.807) is 6.07 Å². The van der Waals surface area contributed by atoms with Gasteiger partial charge in [-0.05, 0) is 61.2 Å². The summed E-state index contributed by atoms with van der Waals surface area (Å²) in [5, 5.41) is 4.93. The van der Waals surface area contributed by atoms with Crippen molar-refractivity contribution >= 4 is 17.4 Å². The van der Waals surface area contributed by atoms with Crippen molar-refractivity contribution in [1.29, 1.82) is 0 Å². The summed E-state index contributed by atoms with van der Waals surface area (Å²) in [6.45, 7) is 6.65. The maximum atomic E-state index is 12.7. The van der Waals surface area contributed by atoms with Crippen molar-refractivity contribution in [3.63, 3.8) is 0 Å².